The van der Waals surface area contributed by atoms with Crippen LogP contribution in [-0.4, -0.2) is 27.1 Å². The number of benzene rings is 3. The van der Waals surface area contributed by atoms with Crippen molar-refractivity contribution in [3.63, 3.8) is 0 Å². The standard InChI is InChI=1S/C23H19F4N3O3S/c1-16-9-11-19(12-10-16)34(32,33)30(21-8-3-2-7-20(21)24)15-22(31)29-28-14-17-5-4-6-18(13-17)23(25,26)27/h2-14H,15H2,1H3,(H,29,31)/b28-14-. The van der Waals surface area contributed by atoms with Crippen LogP contribution in [0.3, 0.4) is 0 Å². The maximum atomic E-state index is 14.4. The number of para-hydroxylation sites is 1. The number of alkyl halides is 3. The van der Waals surface area contributed by atoms with Gasteiger partial charge in [-0.05, 0) is 48.9 Å². The van der Waals surface area contributed by atoms with Crippen LogP contribution in [0.2, 0.25) is 0 Å². The summed E-state index contributed by atoms with van der Waals surface area (Å²) in [6.45, 7) is 0.942. The molecule has 0 spiro atoms. The Kier molecular flexibility index (Phi) is 7.35. The van der Waals surface area contributed by atoms with E-state index in [-0.39, 0.29) is 16.1 Å². The Bertz CT molecular complexity index is 1310. The molecule has 1 N–H and O–H groups in total. The van der Waals surface area contributed by atoms with E-state index >= 15 is 0 Å². The number of carbonyl (C=O) groups is 1. The lowest BCUT2D eigenvalue weighted by molar-refractivity contribution is -0.137. The molecule has 0 aliphatic carbocycles. The van der Waals surface area contributed by atoms with Gasteiger partial charge in [-0.25, -0.2) is 18.2 Å². The third-order valence-electron chi connectivity index (χ3n) is 4.63. The van der Waals surface area contributed by atoms with Gasteiger partial charge in [-0.3, -0.25) is 9.10 Å². The third-order valence-corrected chi connectivity index (χ3v) is 6.41. The lowest BCUT2D eigenvalue weighted by Crippen LogP contribution is -2.40. The summed E-state index contributed by atoms with van der Waals surface area (Å²) in [5, 5.41) is 3.59. The molecule has 34 heavy (non-hydrogen) atoms. The highest BCUT2D eigenvalue weighted by atomic mass is 32.2. The average molecular weight is 493 g/mol. The van der Waals surface area contributed by atoms with Gasteiger partial charge in [0.1, 0.15) is 12.4 Å². The van der Waals surface area contributed by atoms with Crippen molar-refractivity contribution in [2.24, 2.45) is 5.10 Å². The molecule has 0 radical (unpaired) electrons. The normalized spacial score (nSPS) is 12.0. The Morgan fingerprint density at radius 3 is 2.35 bits per heavy atom. The van der Waals surface area contributed by atoms with E-state index in [1.165, 1.54) is 42.5 Å². The number of halogens is 4. The predicted octanol–water partition coefficient (Wildman–Crippen LogP) is 4.50. The minimum atomic E-state index is -4.54. The summed E-state index contributed by atoms with van der Waals surface area (Å²) in [6.07, 6.45) is -3.56. The van der Waals surface area contributed by atoms with Gasteiger partial charge in [0.05, 0.1) is 22.4 Å². The minimum absolute atomic E-state index is 0.0633. The lowest BCUT2D eigenvalue weighted by Gasteiger charge is -2.24. The molecule has 0 heterocycles. The third kappa shape index (κ3) is 5.98. The van der Waals surface area contributed by atoms with Crippen molar-refractivity contribution in [2.45, 2.75) is 18.0 Å². The number of rotatable bonds is 7. The fourth-order valence-corrected chi connectivity index (χ4v) is 4.36. The molecule has 0 aliphatic rings. The number of hydrazone groups is 1. The lowest BCUT2D eigenvalue weighted by atomic mass is 10.1. The zero-order valence-corrected chi connectivity index (χ0v) is 18.6. The van der Waals surface area contributed by atoms with Crippen molar-refractivity contribution in [1.29, 1.82) is 0 Å². The molecule has 3 rings (SSSR count). The van der Waals surface area contributed by atoms with E-state index in [4.69, 9.17) is 0 Å². The van der Waals surface area contributed by atoms with Crippen LogP contribution in [0.15, 0.2) is 82.8 Å². The summed E-state index contributed by atoms with van der Waals surface area (Å²) in [7, 11) is -4.33. The van der Waals surface area contributed by atoms with Crippen molar-refractivity contribution >= 4 is 27.8 Å². The molecule has 0 aromatic heterocycles. The Labute approximate surface area is 193 Å². The maximum Gasteiger partial charge on any atom is 0.416 e. The van der Waals surface area contributed by atoms with E-state index < -0.39 is 40.0 Å². The Morgan fingerprint density at radius 2 is 1.71 bits per heavy atom. The van der Waals surface area contributed by atoms with Crippen LogP contribution in [-0.2, 0) is 21.0 Å². The molecule has 0 saturated carbocycles. The van der Waals surface area contributed by atoms with Crippen LogP contribution >= 0.6 is 0 Å². The monoisotopic (exact) mass is 493 g/mol. The molecule has 6 nitrogen and oxygen atoms in total. The number of aryl methyl sites for hydroxylation is 1. The zero-order chi connectivity index (χ0) is 24.9. The van der Waals surface area contributed by atoms with E-state index in [1.54, 1.807) is 19.1 Å². The van der Waals surface area contributed by atoms with Gasteiger partial charge in [-0.15, -0.1) is 0 Å². The number of sulfonamides is 1. The summed E-state index contributed by atoms with van der Waals surface area (Å²) in [6, 6.07) is 15.1. The van der Waals surface area contributed by atoms with E-state index in [1.807, 2.05) is 0 Å². The highest BCUT2D eigenvalue weighted by Gasteiger charge is 2.30. The van der Waals surface area contributed by atoms with E-state index in [2.05, 4.69) is 10.5 Å². The second-order valence-electron chi connectivity index (χ2n) is 7.19. The SMILES string of the molecule is Cc1ccc(S(=O)(=O)N(CC(=O)N/N=C\c2cccc(C(F)(F)F)c2)c2ccccc2F)cc1. The summed E-state index contributed by atoms with van der Waals surface area (Å²) in [5.41, 5.74) is 1.69. The van der Waals surface area contributed by atoms with E-state index in [0.717, 1.165) is 30.0 Å². The topological polar surface area (TPSA) is 78.8 Å². The summed E-state index contributed by atoms with van der Waals surface area (Å²) < 4.78 is 79.9. The van der Waals surface area contributed by atoms with Gasteiger partial charge in [0.2, 0.25) is 0 Å². The van der Waals surface area contributed by atoms with Crippen LogP contribution in [0.1, 0.15) is 16.7 Å². The van der Waals surface area contributed by atoms with Gasteiger partial charge in [-0.1, -0.05) is 42.0 Å². The van der Waals surface area contributed by atoms with Crippen LogP contribution < -0.4 is 9.73 Å². The number of nitrogens with one attached hydrogen (secondary N) is 1. The molecule has 3 aromatic rings. The number of carbonyl (C=O) groups excluding carboxylic acids is 1. The molecule has 1 amide bonds. The highest BCUT2D eigenvalue weighted by Crippen LogP contribution is 2.29. The van der Waals surface area contributed by atoms with Gasteiger partial charge >= 0.3 is 6.18 Å². The molecule has 0 aliphatic heterocycles. The first kappa shape index (κ1) is 24.9. The molecular formula is C23H19F4N3O3S. The molecule has 11 heteroatoms. The van der Waals surface area contributed by atoms with Crippen molar-refractivity contribution in [1.82, 2.24) is 5.43 Å². The molecule has 178 valence electrons. The van der Waals surface area contributed by atoms with E-state index in [9.17, 15) is 30.8 Å². The first-order valence-electron chi connectivity index (χ1n) is 9.81. The summed E-state index contributed by atoms with van der Waals surface area (Å²) in [4.78, 5) is 12.3. The summed E-state index contributed by atoms with van der Waals surface area (Å²) >= 11 is 0. The van der Waals surface area contributed by atoms with Gasteiger partial charge in [-0.2, -0.15) is 18.3 Å². The van der Waals surface area contributed by atoms with Crippen molar-refractivity contribution < 1.29 is 30.8 Å². The Hall–Kier alpha value is -3.73. The van der Waals surface area contributed by atoms with Crippen LogP contribution in [0.25, 0.3) is 0 Å². The number of hydrogen-bond acceptors (Lipinski definition) is 4. The molecule has 3 aromatic carbocycles. The molecule has 0 bridgehead atoms. The number of amides is 1. The number of nitrogens with zero attached hydrogens (tertiary/aromatic N) is 2. The Balaban J connectivity index is 1.83. The number of hydrogen-bond donors (Lipinski definition) is 1. The number of anilines is 1. The first-order chi connectivity index (χ1) is 16.0. The fraction of sp³-hybridized carbons (Fsp3) is 0.130. The average Bonchev–Trinajstić information content (AvgIpc) is 2.78. The molecular weight excluding hydrogens is 474 g/mol. The van der Waals surface area contributed by atoms with Crippen molar-refractivity contribution in [2.75, 3.05) is 10.8 Å². The highest BCUT2D eigenvalue weighted by molar-refractivity contribution is 7.92. The first-order valence-corrected chi connectivity index (χ1v) is 11.3. The molecule has 0 fully saturated rings. The minimum Gasteiger partial charge on any atom is -0.271 e. The molecule has 0 atom stereocenters. The Morgan fingerprint density at radius 1 is 1.03 bits per heavy atom. The van der Waals surface area contributed by atoms with Gasteiger partial charge in [0, 0.05) is 0 Å². The van der Waals surface area contributed by atoms with E-state index in [0.29, 0.717) is 4.31 Å². The van der Waals surface area contributed by atoms with Crippen LogP contribution in [0, 0.1) is 12.7 Å². The molecule has 0 unspecified atom stereocenters. The second kappa shape index (κ2) is 10.0. The maximum absolute atomic E-state index is 14.4. The largest absolute Gasteiger partial charge is 0.416 e. The predicted molar refractivity (Wildman–Crippen MR) is 119 cm³/mol. The quantitative estimate of drug-likeness (QED) is 0.299. The van der Waals surface area contributed by atoms with Gasteiger partial charge in [0.25, 0.3) is 15.9 Å². The smallest absolute Gasteiger partial charge is 0.271 e. The van der Waals surface area contributed by atoms with Gasteiger partial charge < -0.3 is 0 Å². The van der Waals surface area contributed by atoms with Crippen molar-refractivity contribution in [3.05, 3.63) is 95.3 Å². The second-order valence-corrected chi connectivity index (χ2v) is 9.05. The fourth-order valence-electron chi connectivity index (χ4n) is 2.93. The summed E-state index contributed by atoms with van der Waals surface area (Å²) in [5.74, 6) is -1.79. The zero-order valence-electron chi connectivity index (χ0n) is 17.8. The van der Waals surface area contributed by atoms with Gasteiger partial charge in [0.15, 0.2) is 0 Å². The van der Waals surface area contributed by atoms with Crippen molar-refractivity contribution in [3.8, 4) is 0 Å². The molecule has 0 saturated heterocycles. The van der Waals surface area contributed by atoms with Crippen LogP contribution in [0.4, 0.5) is 23.2 Å². The van der Waals surface area contributed by atoms with Crippen LogP contribution in [0.5, 0.6) is 0 Å².